The van der Waals surface area contributed by atoms with Crippen molar-refractivity contribution in [2.24, 2.45) is 3.77 Å². The highest BCUT2D eigenvalue weighted by atomic mass is 35.5. The molecule has 0 atom stereocenters. The number of rotatable bonds is 2. The molecular formula is C5H11ClN2O3S2. The molecule has 1 N–H and O–H groups in total. The number of nitrogens with one attached hydrogen (secondary N) is 1. The maximum Gasteiger partial charge on any atom is 0.274 e. The minimum absolute atomic E-state index is 0.281. The Morgan fingerprint density at radius 1 is 1.38 bits per heavy atom. The van der Waals surface area contributed by atoms with E-state index >= 15 is 0 Å². The first-order chi connectivity index (χ1) is 5.97. The summed E-state index contributed by atoms with van der Waals surface area (Å²) in [6.45, 7) is 1.08. The Bertz CT molecular complexity index is 371. The minimum Gasteiger partial charge on any atom is -0.315 e. The first kappa shape index (κ1) is 11.2. The first-order valence-corrected chi connectivity index (χ1v) is 7.70. The summed E-state index contributed by atoms with van der Waals surface area (Å²) >= 11 is 5.15. The second-order valence-electron chi connectivity index (χ2n) is 2.70. The van der Waals surface area contributed by atoms with Crippen molar-refractivity contribution in [3.05, 3.63) is 0 Å². The molecule has 1 aliphatic rings. The van der Waals surface area contributed by atoms with Crippen LogP contribution in [0.2, 0.25) is 0 Å². The van der Waals surface area contributed by atoms with E-state index in [1.54, 1.807) is 0 Å². The molecule has 8 heteroatoms. The van der Waals surface area contributed by atoms with Gasteiger partial charge in [-0.25, -0.2) is 12.6 Å². The van der Waals surface area contributed by atoms with Crippen molar-refractivity contribution >= 4 is 31.4 Å². The molecule has 0 unspecified atom stereocenters. The molecule has 0 aromatic rings. The zero-order valence-electron chi connectivity index (χ0n) is 6.90. The van der Waals surface area contributed by atoms with E-state index in [-0.39, 0.29) is 11.5 Å². The molecule has 13 heavy (non-hydrogen) atoms. The Morgan fingerprint density at radius 2 is 1.92 bits per heavy atom. The van der Waals surface area contributed by atoms with Crippen LogP contribution in [0.5, 0.6) is 0 Å². The van der Waals surface area contributed by atoms with Gasteiger partial charge < -0.3 is 5.32 Å². The summed E-state index contributed by atoms with van der Waals surface area (Å²) in [7, 11) is -6.26. The molecular weight excluding hydrogens is 236 g/mol. The van der Waals surface area contributed by atoms with Crippen LogP contribution in [0.1, 0.15) is 0 Å². The lowest BCUT2D eigenvalue weighted by atomic mass is 10.6. The van der Waals surface area contributed by atoms with E-state index in [1.807, 2.05) is 0 Å². The van der Waals surface area contributed by atoms with Crippen LogP contribution in [-0.2, 0) is 19.8 Å². The van der Waals surface area contributed by atoms with Gasteiger partial charge in [-0.15, -0.1) is 15.4 Å². The molecule has 0 saturated carbocycles. The SMILES string of the molecule is O=S(=O)(CCl)N=S1(=O)CCNCC1. The predicted octanol–water partition coefficient (Wildman–Crippen LogP) is -0.416. The summed E-state index contributed by atoms with van der Waals surface area (Å²) in [5.41, 5.74) is 0. The van der Waals surface area contributed by atoms with Gasteiger partial charge in [-0.3, -0.25) is 0 Å². The van der Waals surface area contributed by atoms with Crippen molar-refractivity contribution in [2.75, 3.05) is 29.8 Å². The number of alkyl halides is 1. The summed E-state index contributed by atoms with van der Waals surface area (Å²) in [6.07, 6.45) is 0. The molecule has 78 valence electrons. The summed E-state index contributed by atoms with van der Waals surface area (Å²) in [4.78, 5) is 0. The quantitative estimate of drug-likeness (QED) is 0.672. The van der Waals surface area contributed by atoms with E-state index in [4.69, 9.17) is 11.6 Å². The summed E-state index contributed by atoms with van der Waals surface area (Å²) in [5, 5.41) is 2.38. The fraction of sp³-hybridized carbons (Fsp3) is 1.00. The molecule has 0 aromatic heterocycles. The second-order valence-corrected chi connectivity index (χ2v) is 7.69. The van der Waals surface area contributed by atoms with E-state index < -0.39 is 25.0 Å². The van der Waals surface area contributed by atoms with Crippen LogP contribution in [0.4, 0.5) is 0 Å². The van der Waals surface area contributed by atoms with Gasteiger partial charge in [0.25, 0.3) is 10.0 Å². The predicted molar refractivity (Wildman–Crippen MR) is 52.8 cm³/mol. The Kier molecular flexibility index (Phi) is 3.56. The van der Waals surface area contributed by atoms with Crippen LogP contribution >= 0.6 is 11.6 Å². The summed E-state index contributed by atoms with van der Waals surface area (Å²) in [5.74, 6) is 0.562. The normalized spacial score (nSPS) is 22.5. The van der Waals surface area contributed by atoms with Gasteiger partial charge in [0, 0.05) is 24.6 Å². The fourth-order valence-corrected chi connectivity index (χ4v) is 4.89. The topological polar surface area (TPSA) is 75.6 Å². The minimum atomic E-state index is -3.69. The molecule has 0 bridgehead atoms. The van der Waals surface area contributed by atoms with Crippen LogP contribution in [0.15, 0.2) is 3.77 Å². The standard InChI is InChI=1S/C5H11ClN2O3S2/c6-5-13(10,11)8-12(9)3-1-7-2-4-12/h7H,1-5H2. The van der Waals surface area contributed by atoms with Crippen molar-refractivity contribution in [1.29, 1.82) is 0 Å². The van der Waals surface area contributed by atoms with Gasteiger partial charge in [-0.1, -0.05) is 0 Å². The van der Waals surface area contributed by atoms with Crippen LogP contribution in [-0.4, -0.2) is 42.4 Å². The van der Waals surface area contributed by atoms with E-state index in [0.717, 1.165) is 0 Å². The Hall–Kier alpha value is 0.150. The number of sulfonamides is 1. The van der Waals surface area contributed by atoms with Crippen LogP contribution in [0.25, 0.3) is 0 Å². The molecule has 0 radical (unpaired) electrons. The van der Waals surface area contributed by atoms with Crippen LogP contribution < -0.4 is 5.32 Å². The molecule has 0 aromatic carbocycles. The van der Waals surface area contributed by atoms with Crippen molar-refractivity contribution < 1.29 is 12.6 Å². The highest BCUT2D eigenvalue weighted by Gasteiger charge is 2.18. The van der Waals surface area contributed by atoms with Gasteiger partial charge >= 0.3 is 0 Å². The maximum atomic E-state index is 11.7. The average molecular weight is 247 g/mol. The Morgan fingerprint density at radius 3 is 2.38 bits per heavy atom. The van der Waals surface area contributed by atoms with Crippen molar-refractivity contribution in [2.45, 2.75) is 0 Å². The number of hydrogen-bond acceptors (Lipinski definition) is 4. The van der Waals surface area contributed by atoms with Gasteiger partial charge in [0.2, 0.25) is 0 Å². The van der Waals surface area contributed by atoms with E-state index in [9.17, 15) is 12.6 Å². The Labute approximate surface area is 83.1 Å². The third kappa shape index (κ3) is 3.41. The van der Waals surface area contributed by atoms with E-state index in [2.05, 4.69) is 9.08 Å². The van der Waals surface area contributed by atoms with Gasteiger partial charge in [0.05, 0.1) is 9.73 Å². The van der Waals surface area contributed by atoms with Crippen LogP contribution in [0.3, 0.4) is 0 Å². The van der Waals surface area contributed by atoms with Gasteiger partial charge in [-0.05, 0) is 0 Å². The van der Waals surface area contributed by atoms with Crippen molar-refractivity contribution in [1.82, 2.24) is 5.32 Å². The lowest BCUT2D eigenvalue weighted by Crippen LogP contribution is -2.36. The summed E-state index contributed by atoms with van der Waals surface area (Å²) < 4.78 is 37.0. The average Bonchev–Trinajstić information content (AvgIpc) is 2.04. The zero-order valence-corrected chi connectivity index (χ0v) is 9.29. The largest absolute Gasteiger partial charge is 0.315 e. The lowest BCUT2D eigenvalue weighted by molar-refractivity contribution is 0.601. The van der Waals surface area contributed by atoms with Gasteiger partial charge in [0.15, 0.2) is 0 Å². The molecule has 5 nitrogen and oxygen atoms in total. The van der Waals surface area contributed by atoms with Gasteiger partial charge in [0.1, 0.15) is 5.21 Å². The lowest BCUT2D eigenvalue weighted by Gasteiger charge is -2.15. The molecule has 1 rings (SSSR count). The molecule has 1 aliphatic heterocycles. The third-order valence-electron chi connectivity index (χ3n) is 1.58. The van der Waals surface area contributed by atoms with Gasteiger partial charge in [-0.2, -0.15) is 0 Å². The van der Waals surface area contributed by atoms with Crippen molar-refractivity contribution in [3.63, 3.8) is 0 Å². The number of hydrogen-bond donors (Lipinski definition) is 1. The fourth-order valence-electron chi connectivity index (χ4n) is 0.992. The third-order valence-corrected chi connectivity index (χ3v) is 6.37. The van der Waals surface area contributed by atoms with E-state index in [0.29, 0.717) is 13.1 Å². The van der Waals surface area contributed by atoms with E-state index in [1.165, 1.54) is 0 Å². The molecule has 1 saturated heterocycles. The first-order valence-electron chi connectivity index (χ1n) is 3.71. The Balaban J connectivity index is 2.97. The zero-order chi connectivity index (χ0) is 9.95. The molecule has 0 aliphatic carbocycles. The highest BCUT2D eigenvalue weighted by molar-refractivity contribution is 8.03. The molecule has 1 fully saturated rings. The maximum absolute atomic E-state index is 11.7. The molecule has 0 amide bonds. The van der Waals surface area contributed by atoms with Crippen molar-refractivity contribution in [3.8, 4) is 0 Å². The number of nitrogens with zero attached hydrogens (tertiary/aromatic N) is 1. The van der Waals surface area contributed by atoms with Crippen LogP contribution in [0, 0.1) is 0 Å². The molecule has 1 heterocycles. The monoisotopic (exact) mass is 246 g/mol. The highest BCUT2D eigenvalue weighted by Crippen LogP contribution is 2.06. The number of halogens is 1. The second kappa shape index (κ2) is 4.12. The molecule has 0 spiro atoms. The smallest absolute Gasteiger partial charge is 0.274 e. The summed E-state index contributed by atoms with van der Waals surface area (Å²) in [6, 6.07) is 0.